The van der Waals surface area contributed by atoms with Crippen LogP contribution in [0.5, 0.6) is 0 Å². The number of nitrogens with zero attached hydrogens (tertiary/aromatic N) is 4. The van der Waals surface area contributed by atoms with E-state index in [4.69, 9.17) is 0 Å². The number of fused-ring (bicyclic) bond motifs is 1. The molecule has 0 fully saturated rings. The lowest BCUT2D eigenvalue weighted by molar-refractivity contribution is -0.121. The summed E-state index contributed by atoms with van der Waals surface area (Å²) in [5, 5.41) is 2.65. The number of nitrogens with one attached hydrogen (secondary N) is 1. The molecule has 1 amide bonds. The van der Waals surface area contributed by atoms with Gasteiger partial charge in [0, 0.05) is 25.2 Å². The number of hydrogen-bond acceptors (Lipinski definition) is 5. The molecule has 29 heavy (non-hydrogen) atoms. The number of aromatic nitrogens is 4. The summed E-state index contributed by atoms with van der Waals surface area (Å²) in [6, 6.07) is 6.87. The Bertz CT molecular complexity index is 1280. The summed E-state index contributed by atoms with van der Waals surface area (Å²) in [6.45, 7) is 1.49. The molecule has 148 valence electrons. The van der Waals surface area contributed by atoms with Crippen molar-refractivity contribution in [2.24, 2.45) is 14.1 Å². The zero-order valence-electron chi connectivity index (χ0n) is 16.2. The standard InChI is InChI=1S/C20H19N5O4/c1-13(26)15-8-6-14(7-9-15)5-4-10-21-16(27)11-25-12-22-18-17(25)19(28)24(3)20(29)23(18)2/h6-9,12H,10-11H2,1-3H3,(H,21,27). The predicted molar refractivity (Wildman–Crippen MR) is 107 cm³/mol. The Kier molecular flexibility index (Phi) is 5.45. The number of carbonyl (C=O) groups excluding carboxylic acids is 2. The first kappa shape index (κ1) is 19.8. The monoisotopic (exact) mass is 393 g/mol. The third-order valence-electron chi connectivity index (χ3n) is 4.43. The number of amides is 1. The second-order valence-electron chi connectivity index (χ2n) is 6.46. The Morgan fingerprint density at radius 1 is 1.10 bits per heavy atom. The fourth-order valence-corrected chi connectivity index (χ4v) is 2.80. The molecule has 0 radical (unpaired) electrons. The topological polar surface area (TPSA) is 108 Å². The van der Waals surface area contributed by atoms with Gasteiger partial charge in [-0.2, -0.15) is 0 Å². The van der Waals surface area contributed by atoms with Crippen LogP contribution < -0.4 is 16.6 Å². The zero-order valence-corrected chi connectivity index (χ0v) is 16.2. The van der Waals surface area contributed by atoms with Crippen molar-refractivity contribution in [3.05, 3.63) is 62.6 Å². The van der Waals surface area contributed by atoms with E-state index < -0.39 is 11.2 Å². The largest absolute Gasteiger partial charge is 0.344 e. The van der Waals surface area contributed by atoms with E-state index in [9.17, 15) is 19.2 Å². The van der Waals surface area contributed by atoms with Crippen molar-refractivity contribution in [3.8, 4) is 11.8 Å². The van der Waals surface area contributed by atoms with Crippen LogP contribution in [0.4, 0.5) is 0 Å². The molecule has 0 bridgehead atoms. The molecule has 9 nitrogen and oxygen atoms in total. The van der Waals surface area contributed by atoms with Crippen LogP contribution in [0, 0.1) is 11.8 Å². The molecule has 0 aliphatic rings. The van der Waals surface area contributed by atoms with Crippen LogP contribution in [-0.4, -0.2) is 36.9 Å². The Balaban J connectivity index is 1.67. The Labute approximate surface area is 165 Å². The van der Waals surface area contributed by atoms with E-state index in [1.165, 1.54) is 36.5 Å². The lowest BCUT2D eigenvalue weighted by Crippen LogP contribution is -2.38. The Morgan fingerprint density at radius 2 is 1.79 bits per heavy atom. The first-order valence-electron chi connectivity index (χ1n) is 8.77. The van der Waals surface area contributed by atoms with Crippen molar-refractivity contribution in [1.82, 2.24) is 24.0 Å². The van der Waals surface area contributed by atoms with Gasteiger partial charge in [0.25, 0.3) is 5.56 Å². The van der Waals surface area contributed by atoms with Gasteiger partial charge in [-0.05, 0) is 19.1 Å². The van der Waals surface area contributed by atoms with Crippen molar-refractivity contribution in [1.29, 1.82) is 0 Å². The number of imidazole rings is 1. The van der Waals surface area contributed by atoms with Crippen LogP contribution in [0.25, 0.3) is 11.2 Å². The molecule has 2 heterocycles. The van der Waals surface area contributed by atoms with E-state index in [1.54, 1.807) is 24.3 Å². The van der Waals surface area contributed by atoms with Gasteiger partial charge in [-0.1, -0.05) is 24.0 Å². The molecule has 0 unspecified atom stereocenters. The van der Waals surface area contributed by atoms with Crippen molar-refractivity contribution in [2.75, 3.05) is 6.54 Å². The third-order valence-corrected chi connectivity index (χ3v) is 4.43. The molecule has 0 spiro atoms. The summed E-state index contributed by atoms with van der Waals surface area (Å²) < 4.78 is 3.63. The van der Waals surface area contributed by atoms with Gasteiger partial charge in [-0.15, -0.1) is 0 Å². The fourth-order valence-electron chi connectivity index (χ4n) is 2.80. The van der Waals surface area contributed by atoms with Crippen LogP contribution >= 0.6 is 0 Å². The number of aryl methyl sites for hydroxylation is 1. The van der Waals surface area contributed by atoms with E-state index in [-0.39, 0.29) is 35.9 Å². The number of ketones is 1. The second-order valence-corrected chi connectivity index (χ2v) is 6.46. The third kappa shape index (κ3) is 4.01. The molecule has 1 N–H and O–H groups in total. The molecule has 0 aliphatic carbocycles. The zero-order chi connectivity index (χ0) is 21.1. The van der Waals surface area contributed by atoms with E-state index in [0.717, 1.165) is 10.1 Å². The SMILES string of the molecule is CC(=O)c1ccc(C#CCNC(=O)Cn2cnc3c2c(=O)n(C)c(=O)n3C)cc1. The summed E-state index contributed by atoms with van der Waals surface area (Å²) in [4.78, 5) is 51.8. The molecule has 1 aromatic carbocycles. The fraction of sp³-hybridized carbons (Fsp3) is 0.250. The van der Waals surface area contributed by atoms with Gasteiger partial charge in [0.05, 0.1) is 12.9 Å². The number of benzene rings is 1. The van der Waals surface area contributed by atoms with Gasteiger partial charge < -0.3 is 9.88 Å². The highest BCUT2D eigenvalue weighted by atomic mass is 16.2. The summed E-state index contributed by atoms with van der Waals surface area (Å²) in [5.41, 5.74) is 0.751. The minimum absolute atomic E-state index is 0.0151. The van der Waals surface area contributed by atoms with Crippen LogP contribution in [0.1, 0.15) is 22.8 Å². The summed E-state index contributed by atoms with van der Waals surface area (Å²) in [5.74, 6) is 5.37. The van der Waals surface area contributed by atoms with Crippen LogP contribution in [0.2, 0.25) is 0 Å². The maximum Gasteiger partial charge on any atom is 0.332 e. The minimum atomic E-state index is -0.512. The molecular weight excluding hydrogens is 374 g/mol. The number of rotatable bonds is 4. The number of carbonyl (C=O) groups is 2. The lowest BCUT2D eigenvalue weighted by atomic mass is 10.1. The van der Waals surface area contributed by atoms with E-state index in [0.29, 0.717) is 5.56 Å². The van der Waals surface area contributed by atoms with E-state index >= 15 is 0 Å². The molecule has 2 aromatic heterocycles. The molecular formula is C20H19N5O4. The van der Waals surface area contributed by atoms with Gasteiger partial charge in [-0.3, -0.25) is 23.5 Å². The van der Waals surface area contributed by atoms with Crippen LogP contribution in [0.15, 0.2) is 40.2 Å². The van der Waals surface area contributed by atoms with Gasteiger partial charge in [0.1, 0.15) is 6.54 Å². The van der Waals surface area contributed by atoms with Crippen molar-refractivity contribution in [2.45, 2.75) is 13.5 Å². The van der Waals surface area contributed by atoms with E-state index in [2.05, 4.69) is 22.1 Å². The van der Waals surface area contributed by atoms with Gasteiger partial charge in [-0.25, -0.2) is 9.78 Å². The highest BCUT2D eigenvalue weighted by molar-refractivity contribution is 5.94. The first-order valence-corrected chi connectivity index (χ1v) is 8.77. The minimum Gasteiger partial charge on any atom is -0.344 e. The predicted octanol–water partition coefficient (Wildman–Crippen LogP) is -0.196. The van der Waals surface area contributed by atoms with Crippen molar-refractivity contribution in [3.63, 3.8) is 0 Å². The Morgan fingerprint density at radius 3 is 2.45 bits per heavy atom. The molecule has 0 aliphatic heterocycles. The van der Waals surface area contributed by atoms with Gasteiger partial charge >= 0.3 is 5.69 Å². The second kappa shape index (κ2) is 7.98. The van der Waals surface area contributed by atoms with Crippen molar-refractivity contribution < 1.29 is 9.59 Å². The smallest absolute Gasteiger partial charge is 0.332 e. The van der Waals surface area contributed by atoms with Gasteiger partial charge in [0.15, 0.2) is 16.9 Å². The highest BCUT2D eigenvalue weighted by Gasteiger charge is 2.15. The quantitative estimate of drug-likeness (QED) is 0.488. The summed E-state index contributed by atoms with van der Waals surface area (Å²) >= 11 is 0. The Hall–Kier alpha value is -3.93. The van der Waals surface area contributed by atoms with Crippen molar-refractivity contribution >= 4 is 22.9 Å². The molecule has 3 aromatic rings. The summed E-state index contributed by atoms with van der Waals surface area (Å²) in [6.07, 6.45) is 1.35. The maximum absolute atomic E-state index is 12.4. The van der Waals surface area contributed by atoms with Gasteiger partial charge in [0.2, 0.25) is 5.91 Å². The number of Topliss-reactive ketones (excluding diaryl/α,β-unsaturated/α-hetero) is 1. The molecule has 0 atom stereocenters. The molecule has 0 saturated carbocycles. The normalized spacial score (nSPS) is 10.4. The summed E-state index contributed by atoms with van der Waals surface area (Å²) in [7, 11) is 2.89. The first-order chi connectivity index (χ1) is 13.8. The van der Waals surface area contributed by atoms with Crippen LogP contribution in [0.3, 0.4) is 0 Å². The lowest BCUT2D eigenvalue weighted by Gasteiger charge is -2.06. The molecule has 3 rings (SSSR count). The molecule has 9 heteroatoms. The molecule has 0 saturated heterocycles. The average Bonchev–Trinajstić information content (AvgIpc) is 3.12. The highest BCUT2D eigenvalue weighted by Crippen LogP contribution is 2.05. The van der Waals surface area contributed by atoms with E-state index in [1.807, 2.05) is 0 Å². The average molecular weight is 393 g/mol. The maximum atomic E-state index is 12.4. The van der Waals surface area contributed by atoms with Crippen LogP contribution in [-0.2, 0) is 25.4 Å². The number of hydrogen-bond donors (Lipinski definition) is 1.